The summed E-state index contributed by atoms with van der Waals surface area (Å²) in [6.07, 6.45) is 3.43. The van der Waals surface area contributed by atoms with Gasteiger partial charge >= 0.3 is 0 Å². The number of carbonyl (C=O) groups excluding carboxylic acids is 1. The number of thiophene rings is 1. The molecule has 0 unspecified atom stereocenters. The maximum Gasteiger partial charge on any atom is 0.264 e. The lowest BCUT2D eigenvalue weighted by Crippen LogP contribution is -2.38. The number of rotatable bonds is 5. The van der Waals surface area contributed by atoms with Crippen molar-refractivity contribution in [2.24, 2.45) is 0 Å². The first kappa shape index (κ1) is 20.5. The molecule has 1 saturated heterocycles. The van der Waals surface area contributed by atoms with Crippen LogP contribution in [0.1, 0.15) is 51.4 Å². The van der Waals surface area contributed by atoms with Gasteiger partial charge in [-0.1, -0.05) is 18.2 Å². The molecule has 5 nitrogen and oxygen atoms in total. The molecule has 0 spiro atoms. The van der Waals surface area contributed by atoms with Gasteiger partial charge in [-0.05, 0) is 63.3 Å². The second-order valence-electron chi connectivity index (χ2n) is 8.91. The molecule has 1 amide bonds. The highest BCUT2D eigenvalue weighted by atomic mass is 32.1. The molecule has 5 rings (SSSR count). The van der Waals surface area contributed by atoms with E-state index in [1.807, 2.05) is 24.0 Å². The number of aromatic nitrogens is 1. The van der Waals surface area contributed by atoms with Crippen LogP contribution >= 0.6 is 11.3 Å². The molecule has 6 heteroatoms. The van der Waals surface area contributed by atoms with Crippen molar-refractivity contribution < 1.29 is 9.90 Å². The summed E-state index contributed by atoms with van der Waals surface area (Å²) in [6, 6.07) is 12.8. The van der Waals surface area contributed by atoms with Gasteiger partial charge in [-0.15, -0.1) is 11.3 Å². The summed E-state index contributed by atoms with van der Waals surface area (Å²) in [5, 5.41) is 11.1. The first-order chi connectivity index (χ1) is 15.0. The molecular weight excluding hydrogens is 406 g/mol. The molecular formula is C25H29N3O2S. The maximum absolute atomic E-state index is 13.4. The molecule has 0 radical (unpaired) electrons. The molecule has 1 aromatic carbocycles. The zero-order valence-corrected chi connectivity index (χ0v) is 19.0. The van der Waals surface area contributed by atoms with Gasteiger partial charge in [0, 0.05) is 41.5 Å². The molecule has 1 saturated carbocycles. The monoisotopic (exact) mass is 435 g/mol. The summed E-state index contributed by atoms with van der Waals surface area (Å²) in [5.41, 5.74) is 3.28. The second-order valence-corrected chi connectivity index (χ2v) is 10.2. The molecule has 31 heavy (non-hydrogen) atoms. The number of fused-ring (bicyclic) bond motifs is 1. The number of hydrogen-bond acceptors (Lipinski definition) is 5. The summed E-state index contributed by atoms with van der Waals surface area (Å²) < 4.78 is 0. The number of carbonyl (C=O) groups is 1. The Balaban J connectivity index is 1.53. The van der Waals surface area contributed by atoms with Crippen LogP contribution in [0, 0.1) is 13.8 Å². The topological polar surface area (TPSA) is 56.7 Å². The maximum atomic E-state index is 13.4. The van der Waals surface area contributed by atoms with Crippen molar-refractivity contribution in [1.29, 1.82) is 0 Å². The van der Waals surface area contributed by atoms with Crippen molar-refractivity contribution in [1.82, 2.24) is 9.88 Å². The Hall–Kier alpha value is -2.44. The van der Waals surface area contributed by atoms with Crippen molar-refractivity contribution in [3.8, 4) is 0 Å². The summed E-state index contributed by atoms with van der Waals surface area (Å²) in [6.45, 7) is 6.30. The average molecular weight is 436 g/mol. The molecule has 2 aromatic heterocycles. The van der Waals surface area contributed by atoms with E-state index in [0.717, 1.165) is 76.4 Å². The van der Waals surface area contributed by atoms with Crippen LogP contribution in [0.25, 0.3) is 10.9 Å². The van der Waals surface area contributed by atoms with E-state index in [0.29, 0.717) is 12.6 Å². The van der Waals surface area contributed by atoms with Gasteiger partial charge in [0.2, 0.25) is 0 Å². The Kier molecular flexibility index (Phi) is 5.44. The van der Waals surface area contributed by atoms with E-state index in [1.54, 1.807) is 11.3 Å². The fraction of sp³-hybridized carbons (Fsp3) is 0.440. The number of aliphatic hydroxyl groups excluding tert-OH is 1. The van der Waals surface area contributed by atoms with Gasteiger partial charge in [-0.3, -0.25) is 4.79 Å². The Morgan fingerprint density at radius 3 is 2.61 bits per heavy atom. The minimum atomic E-state index is -0.228. The average Bonchev–Trinajstić information content (AvgIpc) is 3.51. The fourth-order valence-electron chi connectivity index (χ4n) is 4.48. The molecule has 0 atom stereocenters. The predicted molar refractivity (Wildman–Crippen MR) is 126 cm³/mol. The molecule has 3 heterocycles. The van der Waals surface area contributed by atoms with Crippen LogP contribution in [0.2, 0.25) is 0 Å². The lowest BCUT2D eigenvalue weighted by molar-refractivity contribution is 0.0735. The van der Waals surface area contributed by atoms with E-state index in [4.69, 9.17) is 4.98 Å². The van der Waals surface area contributed by atoms with Crippen LogP contribution in [-0.2, 0) is 6.54 Å². The Morgan fingerprint density at radius 2 is 1.94 bits per heavy atom. The number of aryl methyl sites for hydroxylation is 2. The van der Waals surface area contributed by atoms with Crippen molar-refractivity contribution in [2.75, 3.05) is 18.0 Å². The first-order valence-electron chi connectivity index (χ1n) is 11.2. The van der Waals surface area contributed by atoms with E-state index in [1.165, 1.54) is 0 Å². The quantitative estimate of drug-likeness (QED) is 0.632. The number of amides is 1. The minimum Gasteiger partial charge on any atom is -0.393 e. The minimum absolute atomic E-state index is 0.130. The smallest absolute Gasteiger partial charge is 0.264 e. The van der Waals surface area contributed by atoms with Gasteiger partial charge in [0.25, 0.3) is 5.91 Å². The van der Waals surface area contributed by atoms with Crippen molar-refractivity contribution in [3.05, 3.63) is 57.3 Å². The molecule has 1 N–H and O–H groups in total. The SMILES string of the molecule is Cc1ccc(C(=O)N(Cc2cc3cccc(C)c3nc2N2CCC(O)CC2)C2CC2)s1. The standard InChI is InChI=1S/C25H29N3O2S/c1-16-4-3-5-18-14-19(24(26-23(16)18)27-12-10-21(29)11-13-27)15-28(20-7-8-20)25(30)22-9-6-17(2)31-22/h3-6,9,14,20-21,29H,7-8,10-13,15H2,1-2H3. The number of benzene rings is 1. The summed E-state index contributed by atoms with van der Waals surface area (Å²) in [5.74, 6) is 1.10. The highest BCUT2D eigenvalue weighted by Gasteiger charge is 2.34. The number of hydrogen-bond donors (Lipinski definition) is 1. The van der Waals surface area contributed by atoms with Gasteiger partial charge in [-0.25, -0.2) is 4.98 Å². The van der Waals surface area contributed by atoms with Gasteiger partial charge in [0.1, 0.15) is 5.82 Å². The largest absolute Gasteiger partial charge is 0.393 e. The Bertz CT molecular complexity index is 1110. The van der Waals surface area contributed by atoms with E-state index in [9.17, 15) is 9.90 Å². The summed E-state index contributed by atoms with van der Waals surface area (Å²) in [4.78, 5) is 24.8. The van der Waals surface area contributed by atoms with E-state index in [-0.39, 0.29) is 12.0 Å². The van der Waals surface area contributed by atoms with Crippen molar-refractivity contribution in [2.45, 2.75) is 58.2 Å². The van der Waals surface area contributed by atoms with Crippen LogP contribution in [0.5, 0.6) is 0 Å². The summed E-state index contributed by atoms with van der Waals surface area (Å²) in [7, 11) is 0. The van der Waals surface area contributed by atoms with Crippen molar-refractivity contribution in [3.63, 3.8) is 0 Å². The molecule has 162 valence electrons. The predicted octanol–water partition coefficient (Wildman–Crippen LogP) is 4.68. The van der Waals surface area contributed by atoms with Crippen LogP contribution < -0.4 is 4.90 Å². The molecule has 0 bridgehead atoms. The number of aliphatic hydroxyl groups is 1. The Labute approximate surface area is 187 Å². The number of pyridine rings is 1. The zero-order valence-electron chi connectivity index (χ0n) is 18.2. The van der Waals surface area contributed by atoms with Crippen LogP contribution in [0.3, 0.4) is 0 Å². The van der Waals surface area contributed by atoms with Crippen LogP contribution in [-0.4, -0.2) is 46.1 Å². The zero-order chi connectivity index (χ0) is 21.5. The van der Waals surface area contributed by atoms with E-state index in [2.05, 4.69) is 36.1 Å². The fourth-order valence-corrected chi connectivity index (χ4v) is 5.30. The highest BCUT2D eigenvalue weighted by Crippen LogP contribution is 2.34. The normalized spacial score (nSPS) is 17.3. The second kappa shape index (κ2) is 8.24. The molecule has 1 aliphatic heterocycles. The lowest BCUT2D eigenvalue weighted by Gasteiger charge is -2.33. The van der Waals surface area contributed by atoms with Crippen LogP contribution in [0.4, 0.5) is 5.82 Å². The molecule has 2 fully saturated rings. The lowest BCUT2D eigenvalue weighted by atomic mass is 10.0. The van der Waals surface area contributed by atoms with E-state index >= 15 is 0 Å². The third-order valence-corrected chi connectivity index (χ3v) is 7.40. The number of anilines is 1. The van der Waals surface area contributed by atoms with Gasteiger partial charge in [-0.2, -0.15) is 0 Å². The summed E-state index contributed by atoms with van der Waals surface area (Å²) >= 11 is 1.57. The number of para-hydroxylation sites is 1. The number of nitrogens with zero attached hydrogens (tertiary/aromatic N) is 3. The first-order valence-corrected chi connectivity index (χ1v) is 12.0. The highest BCUT2D eigenvalue weighted by molar-refractivity contribution is 7.13. The third kappa shape index (κ3) is 4.19. The molecule has 3 aromatic rings. The van der Waals surface area contributed by atoms with Crippen molar-refractivity contribution >= 4 is 34.0 Å². The number of piperidine rings is 1. The van der Waals surface area contributed by atoms with Gasteiger partial charge < -0.3 is 14.9 Å². The van der Waals surface area contributed by atoms with E-state index < -0.39 is 0 Å². The van der Waals surface area contributed by atoms with Gasteiger partial charge in [0.15, 0.2) is 0 Å². The molecule has 2 aliphatic rings. The van der Waals surface area contributed by atoms with Gasteiger partial charge in [0.05, 0.1) is 16.5 Å². The molecule has 1 aliphatic carbocycles. The van der Waals surface area contributed by atoms with Crippen LogP contribution in [0.15, 0.2) is 36.4 Å². The Morgan fingerprint density at radius 1 is 1.16 bits per heavy atom. The third-order valence-electron chi connectivity index (χ3n) is 6.41.